The van der Waals surface area contributed by atoms with Gasteiger partial charge in [0.2, 0.25) is 0 Å². The Morgan fingerprint density at radius 3 is 1.83 bits per heavy atom. The van der Waals surface area contributed by atoms with Crippen molar-refractivity contribution in [3.63, 3.8) is 0 Å². The molecule has 10 heteroatoms. The van der Waals surface area contributed by atoms with Gasteiger partial charge in [-0.15, -0.1) is 0 Å². The lowest BCUT2D eigenvalue weighted by molar-refractivity contribution is 0.0734. The second kappa shape index (κ2) is 13.9. The molecule has 0 unspecified atom stereocenters. The lowest BCUT2D eigenvalue weighted by Crippen LogP contribution is -2.23. The number of carbonyl (C=O) groups is 2. The van der Waals surface area contributed by atoms with Crippen molar-refractivity contribution in [2.24, 2.45) is 0 Å². The van der Waals surface area contributed by atoms with Gasteiger partial charge in [0.05, 0.1) is 12.7 Å². The third kappa shape index (κ3) is 7.75. The molecule has 0 spiro atoms. The maximum atomic E-state index is 12.9. The van der Waals surface area contributed by atoms with Crippen molar-refractivity contribution >= 4 is 62.3 Å². The van der Waals surface area contributed by atoms with Crippen LogP contribution in [0.3, 0.4) is 0 Å². The number of esters is 1. The Morgan fingerprint density at radius 1 is 0.553 bits per heavy atom. The largest absolute Gasteiger partial charge is 0.497 e. The first-order valence-electron chi connectivity index (χ1n) is 14.5. The number of anilines is 2. The second-order valence-electron chi connectivity index (χ2n) is 10.4. The third-order valence-electron chi connectivity index (χ3n) is 7.16. The van der Waals surface area contributed by atoms with Crippen LogP contribution in [-0.4, -0.2) is 31.3 Å². The summed E-state index contributed by atoms with van der Waals surface area (Å²) in [4.78, 5) is 25.3. The zero-order chi connectivity index (χ0) is 32.8. The van der Waals surface area contributed by atoms with E-state index in [9.17, 15) is 9.59 Å². The average Bonchev–Trinajstić information content (AvgIpc) is 3.09. The van der Waals surface area contributed by atoms with Crippen molar-refractivity contribution in [1.82, 2.24) is 5.32 Å². The molecule has 0 aliphatic carbocycles. The normalized spacial score (nSPS) is 10.6. The van der Waals surface area contributed by atoms with Crippen molar-refractivity contribution in [3.8, 4) is 28.7 Å². The molecule has 0 heterocycles. The van der Waals surface area contributed by atoms with Crippen LogP contribution in [-0.2, 0) is 0 Å². The van der Waals surface area contributed by atoms with Gasteiger partial charge in [-0.05, 0) is 131 Å². The Bertz CT molecular complexity index is 2100. The molecule has 0 bridgehead atoms. The van der Waals surface area contributed by atoms with Crippen LogP contribution < -0.4 is 34.9 Å². The minimum atomic E-state index is -0.624. The molecule has 0 aromatic heterocycles. The molecule has 6 aromatic carbocycles. The maximum Gasteiger partial charge on any atom is 0.417 e. The summed E-state index contributed by atoms with van der Waals surface area (Å²) in [5.74, 6) is 2.20. The first-order chi connectivity index (χ1) is 22.8. The fourth-order valence-electron chi connectivity index (χ4n) is 4.78. The SMILES string of the molecule is CNC(=S)Nc1ccc2cc(Oc3ccc(OC(=O)c4ccc5cc(OC(=O)Nc6ccc(OC)cc6)ccc5c4)cc3)ccc2c1. The molecule has 47 heavy (non-hydrogen) atoms. The molecule has 0 saturated heterocycles. The number of fused-ring (bicyclic) bond motifs is 2. The van der Waals surface area contributed by atoms with Gasteiger partial charge in [0.1, 0.15) is 28.7 Å². The predicted molar refractivity (Wildman–Crippen MR) is 187 cm³/mol. The standard InChI is InChI=1S/C37H29N3O6S/c1-38-36(47)39-29-8-5-26-21-33(11-7-24(26)20-29)44-31-15-17-32(18-16-31)45-35(41)27-4-3-25-22-34(12-6-23(25)19-27)46-37(42)40-28-9-13-30(43-2)14-10-28/h3-22H,1-2H3,(H,40,42)(H2,38,39,47). The Kier molecular flexibility index (Phi) is 9.12. The highest BCUT2D eigenvalue weighted by molar-refractivity contribution is 7.80. The number of ether oxygens (including phenoxy) is 4. The molecule has 9 nitrogen and oxygen atoms in total. The van der Waals surface area contributed by atoms with Crippen LogP contribution in [0.2, 0.25) is 0 Å². The van der Waals surface area contributed by atoms with Gasteiger partial charge in [0, 0.05) is 18.4 Å². The molecule has 0 saturated carbocycles. The highest BCUT2D eigenvalue weighted by Gasteiger charge is 2.12. The van der Waals surface area contributed by atoms with Crippen LogP contribution in [0.25, 0.3) is 21.5 Å². The van der Waals surface area contributed by atoms with Crippen LogP contribution in [0.5, 0.6) is 28.7 Å². The number of amides is 1. The highest BCUT2D eigenvalue weighted by Crippen LogP contribution is 2.29. The van der Waals surface area contributed by atoms with Gasteiger partial charge in [-0.2, -0.15) is 0 Å². The fraction of sp³-hybridized carbons (Fsp3) is 0.0541. The molecule has 234 valence electrons. The minimum Gasteiger partial charge on any atom is -0.497 e. The van der Waals surface area contributed by atoms with Gasteiger partial charge in [-0.1, -0.05) is 24.3 Å². The summed E-state index contributed by atoms with van der Waals surface area (Å²) >= 11 is 5.17. The molecule has 6 aromatic rings. The summed E-state index contributed by atoms with van der Waals surface area (Å²) in [7, 11) is 3.34. The molecule has 0 radical (unpaired) electrons. The lowest BCUT2D eigenvalue weighted by Gasteiger charge is -2.11. The summed E-state index contributed by atoms with van der Waals surface area (Å²) in [6.07, 6.45) is -0.624. The predicted octanol–water partition coefficient (Wildman–Crippen LogP) is 8.54. The first-order valence-corrected chi connectivity index (χ1v) is 15.0. The number of rotatable bonds is 8. The van der Waals surface area contributed by atoms with Crippen LogP contribution >= 0.6 is 12.2 Å². The smallest absolute Gasteiger partial charge is 0.417 e. The van der Waals surface area contributed by atoms with Crippen molar-refractivity contribution in [2.75, 3.05) is 24.8 Å². The quantitative estimate of drug-likeness (QED) is 0.0854. The van der Waals surface area contributed by atoms with Crippen LogP contribution in [0.4, 0.5) is 16.2 Å². The number of hydrogen-bond donors (Lipinski definition) is 3. The molecule has 1 amide bonds. The molecule has 0 aliphatic rings. The zero-order valence-electron chi connectivity index (χ0n) is 25.4. The van der Waals surface area contributed by atoms with E-state index in [0.717, 1.165) is 27.2 Å². The van der Waals surface area contributed by atoms with E-state index >= 15 is 0 Å². The van der Waals surface area contributed by atoms with E-state index in [-0.39, 0.29) is 0 Å². The van der Waals surface area contributed by atoms with Gasteiger partial charge < -0.3 is 29.6 Å². The second-order valence-corrected chi connectivity index (χ2v) is 10.8. The molecular formula is C37H29N3O6S. The van der Waals surface area contributed by atoms with E-state index in [2.05, 4.69) is 16.0 Å². The van der Waals surface area contributed by atoms with E-state index in [1.165, 1.54) is 0 Å². The lowest BCUT2D eigenvalue weighted by atomic mass is 10.1. The molecule has 3 N–H and O–H groups in total. The van der Waals surface area contributed by atoms with Crippen molar-refractivity contribution in [1.29, 1.82) is 0 Å². The topological polar surface area (TPSA) is 107 Å². The highest BCUT2D eigenvalue weighted by atomic mass is 32.1. The van der Waals surface area contributed by atoms with E-state index in [0.29, 0.717) is 45.1 Å². The summed E-state index contributed by atoms with van der Waals surface area (Å²) in [6.45, 7) is 0. The Labute approximate surface area is 276 Å². The number of methoxy groups -OCH3 is 1. The number of carbonyl (C=O) groups excluding carboxylic acids is 2. The fourth-order valence-corrected chi connectivity index (χ4v) is 4.89. The van der Waals surface area contributed by atoms with Crippen LogP contribution in [0.1, 0.15) is 10.4 Å². The Hall–Kier alpha value is -6.13. The summed E-state index contributed by atoms with van der Waals surface area (Å²) in [5.41, 5.74) is 1.85. The zero-order valence-corrected chi connectivity index (χ0v) is 26.2. The van der Waals surface area contributed by atoms with E-state index in [1.807, 2.05) is 36.4 Å². The van der Waals surface area contributed by atoms with Gasteiger partial charge in [-0.25, -0.2) is 9.59 Å². The van der Waals surface area contributed by atoms with Crippen LogP contribution in [0, 0.1) is 0 Å². The maximum absolute atomic E-state index is 12.9. The van der Waals surface area contributed by atoms with Gasteiger partial charge in [0.25, 0.3) is 0 Å². The van der Waals surface area contributed by atoms with Crippen molar-refractivity contribution in [3.05, 3.63) is 127 Å². The van der Waals surface area contributed by atoms with Gasteiger partial charge in [0.15, 0.2) is 5.11 Å². The molecule has 0 atom stereocenters. The number of nitrogens with one attached hydrogen (secondary N) is 3. The number of benzene rings is 6. The monoisotopic (exact) mass is 643 g/mol. The first kappa shape index (κ1) is 30.9. The minimum absolute atomic E-state index is 0.363. The van der Waals surface area contributed by atoms with Crippen molar-refractivity contribution < 1.29 is 28.5 Å². The Balaban J connectivity index is 1.05. The molecular weight excluding hydrogens is 614 g/mol. The number of thiocarbonyl (C=S) groups is 1. The molecule has 0 fully saturated rings. The summed E-state index contributed by atoms with van der Waals surface area (Å²) < 4.78 is 22.2. The molecule has 6 rings (SSSR count). The average molecular weight is 644 g/mol. The van der Waals surface area contributed by atoms with Crippen LogP contribution in [0.15, 0.2) is 121 Å². The van der Waals surface area contributed by atoms with E-state index in [4.69, 9.17) is 31.2 Å². The summed E-state index contributed by atoms with van der Waals surface area (Å²) in [6, 6.07) is 35.9. The van der Waals surface area contributed by atoms with Crippen molar-refractivity contribution in [2.45, 2.75) is 0 Å². The van der Waals surface area contributed by atoms with Gasteiger partial charge >= 0.3 is 12.1 Å². The number of hydrogen-bond acceptors (Lipinski definition) is 7. The third-order valence-corrected chi connectivity index (χ3v) is 7.47. The summed E-state index contributed by atoms with van der Waals surface area (Å²) in [5, 5.41) is 12.9. The van der Waals surface area contributed by atoms with E-state index in [1.54, 1.807) is 99.1 Å². The Morgan fingerprint density at radius 2 is 1.11 bits per heavy atom. The van der Waals surface area contributed by atoms with E-state index < -0.39 is 12.1 Å². The molecule has 0 aliphatic heterocycles. The van der Waals surface area contributed by atoms with Gasteiger partial charge in [-0.3, -0.25) is 5.32 Å².